The maximum absolute atomic E-state index is 9.53. The molecule has 0 bridgehead atoms. The summed E-state index contributed by atoms with van der Waals surface area (Å²) in [5.41, 5.74) is 0. The van der Waals surface area contributed by atoms with Crippen LogP contribution in [0.15, 0.2) is 0 Å². The van der Waals surface area contributed by atoms with E-state index in [9.17, 15) is 5.11 Å². The van der Waals surface area contributed by atoms with Crippen molar-refractivity contribution >= 4 is 28.1 Å². The SMILES string of the molecule is OCc1sc(N2CCCC(O)C2)nc1Cl. The largest absolute Gasteiger partial charge is 0.391 e. The lowest BCUT2D eigenvalue weighted by Gasteiger charge is -2.29. The second-order valence-electron chi connectivity index (χ2n) is 3.61. The van der Waals surface area contributed by atoms with E-state index in [0.717, 1.165) is 24.5 Å². The van der Waals surface area contributed by atoms with Crippen molar-refractivity contribution in [3.05, 3.63) is 10.0 Å². The number of hydrogen-bond acceptors (Lipinski definition) is 5. The zero-order valence-corrected chi connectivity index (χ0v) is 9.76. The van der Waals surface area contributed by atoms with E-state index in [2.05, 4.69) is 4.98 Å². The van der Waals surface area contributed by atoms with E-state index in [0.29, 0.717) is 16.6 Å². The minimum absolute atomic E-state index is 0.0765. The Labute approximate surface area is 97.1 Å². The highest BCUT2D eigenvalue weighted by Crippen LogP contribution is 2.31. The van der Waals surface area contributed by atoms with Gasteiger partial charge < -0.3 is 15.1 Å². The van der Waals surface area contributed by atoms with Crippen LogP contribution >= 0.6 is 22.9 Å². The fourth-order valence-electron chi connectivity index (χ4n) is 1.68. The lowest BCUT2D eigenvalue weighted by atomic mass is 10.1. The number of piperidine rings is 1. The third-order valence-corrected chi connectivity index (χ3v) is 3.97. The van der Waals surface area contributed by atoms with Crippen LogP contribution in [0.3, 0.4) is 0 Å². The van der Waals surface area contributed by atoms with Gasteiger partial charge in [-0.2, -0.15) is 0 Å². The van der Waals surface area contributed by atoms with E-state index in [1.165, 1.54) is 11.3 Å². The molecule has 15 heavy (non-hydrogen) atoms. The Morgan fingerprint density at radius 3 is 3.00 bits per heavy atom. The Bertz CT molecular complexity index is 345. The lowest BCUT2D eigenvalue weighted by molar-refractivity contribution is 0.154. The molecule has 1 aromatic heterocycles. The molecule has 0 saturated carbocycles. The number of hydrogen-bond donors (Lipinski definition) is 2. The normalized spacial score (nSPS) is 22.1. The Kier molecular flexibility index (Phi) is 3.45. The van der Waals surface area contributed by atoms with E-state index < -0.39 is 0 Å². The summed E-state index contributed by atoms with van der Waals surface area (Å²) >= 11 is 7.24. The van der Waals surface area contributed by atoms with Gasteiger partial charge in [-0.3, -0.25) is 0 Å². The summed E-state index contributed by atoms with van der Waals surface area (Å²) in [6.07, 6.45) is 1.54. The molecule has 1 aliphatic rings. The van der Waals surface area contributed by atoms with E-state index >= 15 is 0 Å². The smallest absolute Gasteiger partial charge is 0.187 e. The number of β-amino-alcohol motifs (C(OH)–C–C–N with tert-alkyl or cyclic N) is 1. The average Bonchev–Trinajstić information content (AvgIpc) is 2.60. The molecule has 0 radical (unpaired) electrons. The van der Waals surface area contributed by atoms with Crippen molar-refractivity contribution in [1.82, 2.24) is 4.98 Å². The first-order valence-electron chi connectivity index (χ1n) is 4.89. The molecular weight excluding hydrogens is 236 g/mol. The van der Waals surface area contributed by atoms with Crippen molar-refractivity contribution in [2.45, 2.75) is 25.6 Å². The molecule has 1 aliphatic heterocycles. The molecule has 2 heterocycles. The molecule has 2 rings (SSSR count). The van der Waals surface area contributed by atoms with Crippen LogP contribution in [0.25, 0.3) is 0 Å². The predicted octanol–water partition coefficient (Wildman–Crippen LogP) is 1.25. The number of aliphatic hydroxyl groups excluding tert-OH is 2. The standard InChI is InChI=1S/C9H13ClN2O2S/c10-8-7(5-13)15-9(11-8)12-3-1-2-6(14)4-12/h6,13-14H,1-5H2. The number of aromatic nitrogens is 1. The molecule has 1 unspecified atom stereocenters. The molecule has 1 atom stereocenters. The van der Waals surface area contributed by atoms with Gasteiger partial charge in [0.2, 0.25) is 0 Å². The first kappa shape index (κ1) is 11.1. The fourth-order valence-corrected chi connectivity index (χ4v) is 2.84. The molecule has 4 nitrogen and oxygen atoms in total. The Hall–Kier alpha value is -0.360. The highest BCUT2D eigenvalue weighted by molar-refractivity contribution is 7.16. The molecule has 0 amide bonds. The summed E-state index contributed by atoms with van der Waals surface area (Å²) < 4.78 is 0. The number of halogens is 1. The van der Waals surface area contributed by atoms with Crippen LogP contribution in [-0.4, -0.2) is 34.4 Å². The summed E-state index contributed by atoms with van der Waals surface area (Å²) in [5.74, 6) is 0. The van der Waals surface area contributed by atoms with Crippen molar-refractivity contribution in [2.24, 2.45) is 0 Å². The van der Waals surface area contributed by atoms with Crippen LogP contribution < -0.4 is 4.90 Å². The van der Waals surface area contributed by atoms with Crippen LogP contribution in [0.5, 0.6) is 0 Å². The van der Waals surface area contributed by atoms with Gasteiger partial charge in [0.25, 0.3) is 0 Å². The van der Waals surface area contributed by atoms with Gasteiger partial charge in [-0.15, -0.1) is 0 Å². The first-order chi connectivity index (χ1) is 7.20. The summed E-state index contributed by atoms with van der Waals surface area (Å²) in [7, 11) is 0. The van der Waals surface area contributed by atoms with Crippen LogP contribution in [0.4, 0.5) is 5.13 Å². The van der Waals surface area contributed by atoms with Crippen LogP contribution in [0.1, 0.15) is 17.7 Å². The second-order valence-corrected chi connectivity index (χ2v) is 5.03. The Morgan fingerprint density at radius 2 is 2.40 bits per heavy atom. The van der Waals surface area contributed by atoms with Crippen LogP contribution in [-0.2, 0) is 6.61 Å². The molecule has 0 spiro atoms. The number of nitrogens with zero attached hydrogens (tertiary/aromatic N) is 2. The van der Waals surface area contributed by atoms with Crippen molar-refractivity contribution in [1.29, 1.82) is 0 Å². The minimum atomic E-state index is -0.279. The van der Waals surface area contributed by atoms with Crippen LogP contribution in [0, 0.1) is 0 Å². The number of aliphatic hydroxyl groups is 2. The molecule has 1 fully saturated rings. The molecule has 84 valence electrons. The van der Waals surface area contributed by atoms with Crippen LogP contribution in [0.2, 0.25) is 5.15 Å². The van der Waals surface area contributed by atoms with Crippen molar-refractivity contribution in [2.75, 3.05) is 18.0 Å². The lowest BCUT2D eigenvalue weighted by Crippen LogP contribution is -2.38. The highest BCUT2D eigenvalue weighted by atomic mass is 35.5. The van der Waals surface area contributed by atoms with Crippen molar-refractivity contribution in [3.63, 3.8) is 0 Å². The molecular formula is C9H13ClN2O2S. The average molecular weight is 249 g/mol. The fraction of sp³-hybridized carbons (Fsp3) is 0.667. The summed E-state index contributed by atoms with van der Waals surface area (Å²) in [4.78, 5) is 6.88. The molecule has 2 N–H and O–H groups in total. The van der Waals surface area contributed by atoms with E-state index in [1.54, 1.807) is 0 Å². The zero-order valence-electron chi connectivity index (χ0n) is 8.19. The van der Waals surface area contributed by atoms with Gasteiger partial charge >= 0.3 is 0 Å². The second kappa shape index (κ2) is 4.65. The quantitative estimate of drug-likeness (QED) is 0.827. The van der Waals surface area contributed by atoms with Gasteiger partial charge in [-0.1, -0.05) is 22.9 Å². The minimum Gasteiger partial charge on any atom is -0.391 e. The topological polar surface area (TPSA) is 56.6 Å². The van der Waals surface area contributed by atoms with Crippen molar-refractivity contribution in [3.8, 4) is 0 Å². The van der Waals surface area contributed by atoms with E-state index in [4.69, 9.17) is 16.7 Å². The zero-order chi connectivity index (χ0) is 10.8. The molecule has 1 aromatic rings. The monoisotopic (exact) mass is 248 g/mol. The van der Waals surface area contributed by atoms with Gasteiger partial charge in [0.05, 0.1) is 17.6 Å². The molecule has 6 heteroatoms. The number of thiazole rings is 1. The number of anilines is 1. The maximum Gasteiger partial charge on any atom is 0.187 e. The third-order valence-electron chi connectivity index (χ3n) is 2.45. The highest BCUT2D eigenvalue weighted by Gasteiger charge is 2.21. The van der Waals surface area contributed by atoms with Crippen molar-refractivity contribution < 1.29 is 10.2 Å². The molecule has 0 aliphatic carbocycles. The predicted molar refractivity (Wildman–Crippen MR) is 60.5 cm³/mol. The van der Waals surface area contributed by atoms with Gasteiger partial charge in [0.1, 0.15) is 5.15 Å². The summed E-state index contributed by atoms with van der Waals surface area (Å²) in [5, 5.41) is 19.7. The number of rotatable bonds is 2. The summed E-state index contributed by atoms with van der Waals surface area (Å²) in [6.45, 7) is 1.42. The summed E-state index contributed by atoms with van der Waals surface area (Å²) in [6, 6.07) is 0. The van der Waals surface area contributed by atoms with Gasteiger partial charge in [-0.05, 0) is 12.8 Å². The van der Waals surface area contributed by atoms with E-state index in [1.807, 2.05) is 4.90 Å². The van der Waals surface area contributed by atoms with Gasteiger partial charge in [0.15, 0.2) is 5.13 Å². The Morgan fingerprint density at radius 1 is 1.60 bits per heavy atom. The maximum atomic E-state index is 9.53. The first-order valence-corrected chi connectivity index (χ1v) is 6.09. The molecule has 0 aromatic carbocycles. The Balaban J connectivity index is 2.14. The third kappa shape index (κ3) is 2.42. The van der Waals surface area contributed by atoms with E-state index in [-0.39, 0.29) is 12.7 Å². The van der Waals surface area contributed by atoms with Gasteiger partial charge in [-0.25, -0.2) is 4.98 Å². The van der Waals surface area contributed by atoms with Gasteiger partial charge in [0, 0.05) is 13.1 Å². The molecule has 1 saturated heterocycles.